The molecule has 0 N–H and O–H groups in total. The number of aromatic nitrogens is 4. The number of hydrogen-bond donors (Lipinski definition) is 0. The van der Waals surface area contributed by atoms with Crippen molar-refractivity contribution in [1.82, 2.24) is 19.5 Å². The molecule has 32 heavy (non-hydrogen) atoms. The van der Waals surface area contributed by atoms with E-state index in [-0.39, 0.29) is 0 Å². The van der Waals surface area contributed by atoms with Crippen molar-refractivity contribution in [2.24, 2.45) is 7.05 Å². The summed E-state index contributed by atoms with van der Waals surface area (Å²) in [6, 6.07) is 9.41. The lowest BCUT2D eigenvalue weighted by atomic mass is 10.0. The molecule has 2 heterocycles. The standard InChI is InChI=1S/C24H24N4O4/c1-28-11-10-25-23(28)9-8-22-26-17-14-21(32-5)20(31-4)13-16(17)24(27-22)15-6-7-18(29-2)19(12-15)30-3/h6-14H,1-5H3/b9-8+. The van der Waals surface area contributed by atoms with Crippen LogP contribution in [0.2, 0.25) is 0 Å². The fourth-order valence-electron chi connectivity index (χ4n) is 3.44. The van der Waals surface area contributed by atoms with Crippen LogP contribution >= 0.6 is 0 Å². The average Bonchev–Trinajstić information content (AvgIpc) is 3.25. The largest absolute Gasteiger partial charge is 0.493 e. The molecule has 2 aromatic heterocycles. The number of rotatable bonds is 7. The van der Waals surface area contributed by atoms with E-state index in [1.54, 1.807) is 34.6 Å². The van der Waals surface area contributed by atoms with Gasteiger partial charge in [-0.05, 0) is 36.4 Å². The molecule has 0 bridgehead atoms. The number of aryl methyl sites for hydroxylation is 1. The van der Waals surface area contributed by atoms with Crippen LogP contribution in [0.4, 0.5) is 0 Å². The van der Waals surface area contributed by atoms with E-state index in [1.165, 1.54) is 0 Å². The maximum Gasteiger partial charge on any atom is 0.162 e. The SMILES string of the molecule is COc1ccc(-c2nc(/C=C/c3nccn3C)nc3cc(OC)c(OC)cc23)cc1OC. The van der Waals surface area contributed by atoms with Gasteiger partial charge in [0.25, 0.3) is 0 Å². The van der Waals surface area contributed by atoms with Gasteiger partial charge >= 0.3 is 0 Å². The van der Waals surface area contributed by atoms with Crippen molar-refractivity contribution >= 4 is 23.1 Å². The van der Waals surface area contributed by atoms with Crippen LogP contribution in [0, 0.1) is 0 Å². The molecule has 0 amide bonds. The van der Waals surface area contributed by atoms with Gasteiger partial charge in [-0.1, -0.05) is 0 Å². The second kappa shape index (κ2) is 8.97. The molecular weight excluding hydrogens is 408 g/mol. The van der Waals surface area contributed by atoms with Crippen molar-refractivity contribution in [3.05, 3.63) is 54.4 Å². The van der Waals surface area contributed by atoms with Crippen molar-refractivity contribution in [2.75, 3.05) is 28.4 Å². The lowest BCUT2D eigenvalue weighted by Crippen LogP contribution is -1.98. The third-order valence-electron chi connectivity index (χ3n) is 5.12. The van der Waals surface area contributed by atoms with E-state index in [2.05, 4.69) is 4.98 Å². The van der Waals surface area contributed by atoms with Crippen LogP contribution in [-0.2, 0) is 7.05 Å². The monoisotopic (exact) mass is 432 g/mol. The Morgan fingerprint density at radius 3 is 2.12 bits per heavy atom. The summed E-state index contributed by atoms with van der Waals surface area (Å²) in [6.07, 6.45) is 7.34. The van der Waals surface area contributed by atoms with E-state index in [1.807, 2.05) is 60.3 Å². The molecule has 0 aliphatic rings. The minimum absolute atomic E-state index is 0.539. The zero-order valence-electron chi connectivity index (χ0n) is 18.6. The molecule has 8 nitrogen and oxygen atoms in total. The van der Waals surface area contributed by atoms with Gasteiger partial charge in [-0.2, -0.15) is 0 Å². The first-order valence-electron chi connectivity index (χ1n) is 9.89. The Hall–Kier alpha value is -4.07. The van der Waals surface area contributed by atoms with Crippen LogP contribution in [0.25, 0.3) is 34.3 Å². The molecular formula is C24H24N4O4. The van der Waals surface area contributed by atoms with Crippen LogP contribution in [0.15, 0.2) is 42.7 Å². The van der Waals surface area contributed by atoms with Gasteiger partial charge in [0.2, 0.25) is 0 Å². The third-order valence-corrected chi connectivity index (χ3v) is 5.12. The Balaban J connectivity index is 1.94. The molecule has 2 aromatic carbocycles. The van der Waals surface area contributed by atoms with Crippen molar-refractivity contribution in [1.29, 1.82) is 0 Å². The van der Waals surface area contributed by atoms with Crippen molar-refractivity contribution in [3.63, 3.8) is 0 Å². The van der Waals surface area contributed by atoms with Crippen LogP contribution in [0.3, 0.4) is 0 Å². The predicted octanol–water partition coefficient (Wildman–Crippen LogP) is 4.24. The van der Waals surface area contributed by atoms with E-state index in [4.69, 9.17) is 28.9 Å². The molecule has 0 fully saturated rings. The van der Waals surface area contributed by atoms with Gasteiger partial charge in [0, 0.05) is 36.5 Å². The molecule has 0 atom stereocenters. The average molecular weight is 432 g/mol. The number of methoxy groups -OCH3 is 4. The second-order valence-electron chi connectivity index (χ2n) is 6.95. The highest BCUT2D eigenvalue weighted by molar-refractivity contribution is 5.95. The zero-order chi connectivity index (χ0) is 22.7. The van der Waals surface area contributed by atoms with Gasteiger partial charge in [-0.3, -0.25) is 0 Å². The molecule has 0 radical (unpaired) electrons. The summed E-state index contributed by atoms with van der Waals surface area (Å²) in [7, 11) is 8.34. The molecule has 0 saturated carbocycles. The van der Waals surface area contributed by atoms with Crippen LogP contribution in [0.5, 0.6) is 23.0 Å². The van der Waals surface area contributed by atoms with E-state index in [0.29, 0.717) is 28.8 Å². The molecule has 164 valence electrons. The highest BCUT2D eigenvalue weighted by Gasteiger charge is 2.16. The summed E-state index contributed by atoms with van der Waals surface area (Å²) in [6.45, 7) is 0. The van der Waals surface area contributed by atoms with Crippen molar-refractivity contribution < 1.29 is 18.9 Å². The molecule has 4 aromatic rings. The fourth-order valence-corrected chi connectivity index (χ4v) is 3.44. The van der Waals surface area contributed by atoms with Crippen molar-refractivity contribution in [3.8, 4) is 34.3 Å². The number of imidazole rings is 1. The Morgan fingerprint density at radius 2 is 1.47 bits per heavy atom. The zero-order valence-corrected chi connectivity index (χ0v) is 18.6. The third kappa shape index (κ3) is 3.94. The van der Waals surface area contributed by atoms with Gasteiger partial charge < -0.3 is 23.5 Å². The Labute approximate surface area is 186 Å². The first-order valence-corrected chi connectivity index (χ1v) is 9.89. The van der Waals surface area contributed by atoms with Crippen molar-refractivity contribution in [2.45, 2.75) is 0 Å². The Bertz CT molecular complexity index is 1300. The Morgan fingerprint density at radius 1 is 0.781 bits per heavy atom. The molecule has 4 rings (SSSR count). The smallest absolute Gasteiger partial charge is 0.162 e. The molecule has 0 aliphatic heterocycles. The Kier molecular flexibility index (Phi) is 5.93. The highest BCUT2D eigenvalue weighted by atomic mass is 16.5. The number of fused-ring (bicyclic) bond motifs is 1. The topological polar surface area (TPSA) is 80.5 Å². The van der Waals surface area contributed by atoms with E-state index in [9.17, 15) is 0 Å². The van der Waals surface area contributed by atoms with Gasteiger partial charge in [0.1, 0.15) is 5.82 Å². The summed E-state index contributed by atoms with van der Waals surface area (Å²) < 4.78 is 23.8. The lowest BCUT2D eigenvalue weighted by Gasteiger charge is -2.14. The van der Waals surface area contributed by atoms with Crippen LogP contribution < -0.4 is 18.9 Å². The minimum atomic E-state index is 0.539. The van der Waals surface area contributed by atoms with Gasteiger partial charge in [0.05, 0.1) is 39.6 Å². The first kappa shape index (κ1) is 21.2. The van der Waals surface area contributed by atoms with Crippen LogP contribution in [0.1, 0.15) is 11.6 Å². The summed E-state index contributed by atoms with van der Waals surface area (Å²) in [5.74, 6) is 3.79. The first-order chi connectivity index (χ1) is 15.6. The second-order valence-corrected chi connectivity index (χ2v) is 6.95. The van der Waals surface area contributed by atoms with Gasteiger partial charge in [-0.25, -0.2) is 15.0 Å². The predicted molar refractivity (Wildman–Crippen MR) is 123 cm³/mol. The summed E-state index contributed by atoms with van der Waals surface area (Å²) in [5, 5.41) is 0.823. The molecule has 0 unspecified atom stereocenters. The quantitative estimate of drug-likeness (QED) is 0.432. The number of ether oxygens (including phenoxy) is 4. The van der Waals surface area contributed by atoms with E-state index < -0.39 is 0 Å². The normalized spacial score (nSPS) is 11.2. The lowest BCUT2D eigenvalue weighted by molar-refractivity contribution is 0.355. The number of nitrogens with zero attached hydrogens (tertiary/aromatic N) is 4. The maximum atomic E-state index is 5.51. The maximum absolute atomic E-state index is 5.51. The summed E-state index contributed by atoms with van der Waals surface area (Å²) in [5.41, 5.74) is 2.31. The van der Waals surface area contributed by atoms with E-state index >= 15 is 0 Å². The number of benzene rings is 2. The molecule has 8 heteroatoms. The summed E-state index contributed by atoms with van der Waals surface area (Å²) >= 11 is 0. The molecule has 0 saturated heterocycles. The van der Waals surface area contributed by atoms with Crippen LogP contribution in [-0.4, -0.2) is 48.0 Å². The van der Waals surface area contributed by atoms with E-state index in [0.717, 1.165) is 28.0 Å². The highest BCUT2D eigenvalue weighted by Crippen LogP contribution is 2.38. The number of hydrogen-bond acceptors (Lipinski definition) is 7. The summed E-state index contributed by atoms with van der Waals surface area (Å²) in [4.78, 5) is 13.9. The molecule has 0 spiro atoms. The molecule has 0 aliphatic carbocycles. The van der Waals surface area contributed by atoms with Gasteiger partial charge in [-0.15, -0.1) is 0 Å². The van der Waals surface area contributed by atoms with Gasteiger partial charge in [0.15, 0.2) is 28.8 Å². The minimum Gasteiger partial charge on any atom is -0.493 e. The fraction of sp³-hybridized carbons (Fsp3) is 0.208.